The Balaban J connectivity index is 1.80. The second-order valence-electron chi connectivity index (χ2n) is 7.47. The highest BCUT2D eigenvalue weighted by Gasteiger charge is 2.22. The second kappa shape index (κ2) is 10.9. The first-order valence-electron chi connectivity index (χ1n) is 10.7. The van der Waals surface area contributed by atoms with Crippen molar-refractivity contribution in [2.75, 3.05) is 48.1 Å². The Hall–Kier alpha value is -3.13. The lowest BCUT2D eigenvalue weighted by atomic mass is 9.99. The predicted octanol–water partition coefficient (Wildman–Crippen LogP) is 2.78. The van der Waals surface area contributed by atoms with Gasteiger partial charge < -0.3 is 34.3 Å². The van der Waals surface area contributed by atoms with Crippen LogP contribution in [0.5, 0.6) is 23.0 Å². The first kappa shape index (κ1) is 23.5. The molecule has 1 aliphatic heterocycles. The molecule has 3 rings (SSSR count). The summed E-state index contributed by atoms with van der Waals surface area (Å²) in [6.45, 7) is 4.46. The fraction of sp³-hybridized carbons (Fsp3) is 0.458. The lowest BCUT2D eigenvalue weighted by Gasteiger charge is -2.32. The molecule has 1 atom stereocenters. The highest BCUT2D eigenvalue weighted by molar-refractivity contribution is 5.80. The van der Waals surface area contributed by atoms with Gasteiger partial charge in [-0.3, -0.25) is 4.99 Å². The van der Waals surface area contributed by atoms with Gasteiger partial charge in [0, 0.05) is 25.2 Å². The highest BCUT2D eigenvalue weighted by atomic mass is 16.5. The SMILES string of the molecule is CCNC(=NCC(O)c1cc(OC)ccc1OC)N1CCc2cc(OC)c(OC)cc2C1. The quantitative estimate of drug-likeness (QED) is 0.479. The molecule has 0 spiro atoms. The van der Waals surface area contributed by atoms with E-state index in [1.807, 2.05) is 19.1 Å². The smallest absolute Gasteiger partial charge is 0.194 e. The van der Waals surface area contributed by atoms with Gasteiger partial charge in [-0.05, 0) is 54.8 Å². The van der Waals surface area contributed by atoms with Gasteiger partial charge in [-0.15, -0.1) is 0 Å². The molecule has 0 amide bonds. The zero-order chi connectivity index (χ0) is 23.1. The number of aliphatic imine (C=N–C) groups is 1. The van der Waals surface area contributed by atoms with Crippen LogP contribution in [-0.4, -0.2) is 64.0 Å². The standard InChI is InChI=1S/C24H33N3O5/c1-6-25-24(26-14-20(28)19-13-18(29-2)7-8-21(19)30-3)27-10-9-16-11-22(31-4)23(32-5)12-17(16)15-27/h7-8,11-13,20,28H,6,9-10,14-15H2,1-5H3,(H,25,26). The van der Waals surface area contributed by atoms with Crippen molar-refractivity contribution < 1.29 is 24.1 Å². The summed E-state index contributed by atoms with van der Waals surface area (Å²) in [7, 11) is 6.47. The second-order valence-corrected chi connectivity index (χ2v) is 7.47. The summed E-state index contributed by atoms with van der Waals surface area (Å²) in [6.07, 6.45) is 0.0435. The summed E-state index contributed by atoms with van der Waals surface area (Å²) in [4.78, 5) is 6.91. The molecule has 2 aromatic rings. The van der Waals surface area contributed by atoms with Crippen LogP contribution in [0.2, 0.25) is 0 Å². The molecule has 8 heteroatoms. The van der Waals surface area contributed by atoms with E-state index in [2.05, 4.69) is 10.2 Å². The number of hydrogen-bond donors (Lipinski definition) is 2. The third kappa shape index (κ3) is 5.19. The summed E-state index contributed by atoms with van der Waals surface area (Å²) in [5, 5.41) is 14.2. The van der Waals surface area contributed by atoms with E-state index >= 15 is 0 Å². The molecule has 1 heterocycles. The molecule has 32 heavy (non-hydrogen) atoms. The maximum atomic E-state index is 10.8. The van der Waals surface area contributed by atoms with Crippen LogP contribution in [0, 0.1) is 0 Å². The number of ether oxygens (including phenoxy) is 4. The van der Waals surface area contributed by atoms with Crippen molar-refractivity contribution in [3.8, 4) is 23.0 Å². The summed E-state index contributed by atoms with van der Waals surface area (Å²) < 4.78 is 21.6. The van der Waals surface area contributed by atoms with Crippen molar-refractivity contribution in [3.05, 3.63) is 47.0 Å². The van der Waals surface area contributed by atoms with Gasteiger partial charge in [0.2, 0.25) is 0 Å². The number of fused-ring (bicyclic) bond motifs is 1. The van der Waals surface area contributed by atoms with Crippen LogP contribution in [0.1, 0.15) is 29.7 Å². The van der Waals surface area contributed by atoms with Crippen LogP contribution in [-0.2, 0) is 13.0 Å². The molecule has 1 aliphatic rings. The van der Waals surface area contributed by atoms with Gasteiger partial charge in [0.15, 0.2) is 17.5 Å². The summed E-state index contributed by atoms with van der Waals surface area (Å²) in [5.41, 5.74) is 3.07. The Bertz CT molecular complexity index is 947. The van der Waals surface area contributed by atoms with Crippen LogP contribution in [0.3, 0.4) is 0 Å². The van der Waals surface area contributed by atoms with E-state index in [0.717, 1.165) is 37.0 Å². The Morgan fingerprint density at radius 1 is 1.00 bits per heavy atom. The van der Waals surface area contributed by atoms with Crippen molar-refractivity contribution in [1.29, 1.82) is 0 Å². The molecule has 2 aromatic carbocycles. The summed E-state index contributed by atoms with van der Waals surface area (Å²) in [6, 6.07) is 9.45. The van der Waals surface area contributed by atoms with Gasteiger partial charge in [0.05, 0.1) is 35.0 Å². The number of aliphatic hydroxyl groups excluding tert-OH is 1. The Morgan fingerprint density at radius 3 is 2.31 bits per heavy atom. The van der Waals surface area contributed by atoms with Crippen LogP contribution < -0.4 is 24.3 Å². The van der Waals surface area contributed by atoms with Crippen molar-refractivity contribution in [2.24, 2.45) is 4.99 Å². The number of nitrogens with one attached hydrogen (secondary N) is 1. The molecule has 0 aliphatic carbocycles. The van der Waals surface area contributed by atoms with Crippen LogP contribution in [0.15, 0.2) is 35.3 Å². The predicted molar refractivity (Wildman–Crippen MR) is 124 cm³/mol. The van der Waals surface area contributed by atoms with Gasteiger partial charge in [0.25, 0.3) is 0 Å². The molecule has 0 aromatic heterocycles. The van der Waals surface area contributed by atoms with Gasteiger partial charge in [-0.25, -0.2) is 0 Å². The fourth-order valence-corrected chi connectivity index (χ4v) is 3.86. The molecule has 8 nitrogen and oxygen atoms in total. The van der Waals surface area contributed by atoms with Gasteiger partial charge >= 0.3 is 0 Å². The maximum Gasteiger partial charge on any atom is 0.194 e. The van der Waals surface area contributed by atoms with E-state index in [1.165, 1.54) is 11.1 Å². The molecule has 0 bridgehead atoms. The lowest BCUT2D eigenvalue weighted by molar-refractivity contribution is 0.181. The van der Waals surface area contributed by atoms with Gasteiger partial charge in [-0.2, -0.15) is 0 Å². The van der Waals surface area contributed by atoms with E-state index in [-0.39, 0.29) is 6.54 Å². The minimum Gasteiger partial charge on any atom is -0.497 e. The number of guanidine groups is 1. The fourth-order valence-electron chi connectivity index (χ4n) is 3.86. The topological polar surface area (TPSA) is 84.8 Å². The Kier molecular flexibility index (Phi) is 8.05. The molecule has 0 radical (unpaired) electrons. The Labute approximate surface area is 189 Å². The maximum absolute atomic E-state index is 10.8. The molecule has 1 unspecified atom stereocenters. The van der Waals surface area contributed by atoms with E-state index in [1.54, 1.807) is 46.6 Å². The third-order valence-electron chi connectivity index (χ3n) is 5.56. The summed E-state index contributed by atoms with van der Waals surface area (Å²) >= 11 is 0. The first-order valence-corrected chi connectivity index (χ1v) is 10.7. The molecular formula is C24H33N3O5. The number of methoxy groups -OCH3 is 4. The summed E-state index contributed by atoms with van der Waals surface area (Å²) in [5.74, 6) is 3.49. The van der Waals surface area contributed by atoms with E-state index in [9.17, 15) is 5.11 Å². The average Bonchev–Trinajstić information content (AvgIpc) is 2.84. The largest absolute Gasteiger partial charge is 0.497 e. The lowest BCUT2D eigenvalue weighted by Crippen LogP contribution is -2.44. The van der Waals surface area contributed by atoms with Crippen LogP contribution in [0.25, 0.3) is 0 Å². The van der Waals surface area contributed by atoms with Gasteiger partial charge in [-0.1, -0.05) is 0 Å². The minimum absolute atomic E-state index is 0.196. The molecule has 174 valence electrons. The van der Waals surface area contributed by atoms with Crippen molar-refractivity contribution in [2.45, 2.75) is 26.0 Å². The monoisotopic (exact) mass is 443 g/mol. The van der Waals surface area contributed by atoms with E-state index in [0.29, 0.717) is 23.6 Å². The van der Waals surface area contributed by atoms with Crippen LogP contribution >= 0.6 is 0 Å². The van der Waals surface area contributed by atoms with Gasteiger partial charge in [0.1, 0.15) is 17.6 Å². The molecule has 0 saturated heterocycles. The normalized spacial score (nSPS) is 14.4. The van der Waals surface area contributed by atoms with Crippen LogP contribution in [0.4, 0.5) is 0 Å². The number of rotatable bonds is 8. The zero-order valence-corrected chi connectivity index (χ0v) is 19.5. The van der Waals surface area contributed by atoms with Crippen molar-refractivity contribution in [3.63, 3.8) is 0 Å². The highest BCUT2D eigenvalue weighted by Crippen LogP contribution is 2.33. The Morgan fingerprint density at radius 2 is 1.69 bits per heavy atom. The average molecular weight is 444 g/mol. The van der Waals surface area contributed by atoms with Crippen molar-refractivity contribution >= 4 is 5.96 Å². The zero-order valence-electron chi connectivity index (χ0n) is 19.5. The van der Waals surface area contributed by atoms with Crippen molar-refractivity contribution in [1.82, 2.24) is 10.2 Å². The number of aliphatic hydroxyl groups is 1. The molecular weight excluding hydrogens is 410 g/mol. The first-order chi connectivity index (χ1) is 15.5. The minimum atomic E-state index is -0.824. The van der Waals surface area contributed by atoms with E-state index in [4.69, 9.17) is 23.9 Å². The number of nitrogens with zero attached hydrogens (tertiary/aromatic N) is 2. The van der Waals surface area contributed by atoms with E-state index < -0.39 is 6.10 Å². The third-order valence-corrected chi connectivity index (χ3v) is 5.56. The molecule has 0 fully saturated rings. The molecule has 0 saturated carbocycles. The number of benzene rings is 2. The molecule has 2 N–H and O–H groups in total. The number of hydrogen-bond acceptors (Lipinski definition) is 6.